The molecule has 12 nitrogen and oxygen atoms in total. The van der Waals surface area contributed by atoms with Crippen molar-refractivity contribution in [3.63, 3.8) is 0 Å². The minimum Gasteiger partial charge on any atom is -0.463 e. The SMILES string of the molecule is CCC1OC(C)C(N=[N+]=[N-])[C@@H](C)[C@H]1O[C@@H]1OC(COC(C)=O)[C@H](O[C@H]2OC(COC(C)=O)[C@H](C)[C@H](C)C2C)[C@H](C)C1C. The predicted octanol–water partition coefficient (Wildman–Crippen LogP) is 5.03. The Balaban J connectivity index is 1.81. The summed E-state index contributed by atoms with van der Waals surface area (Å²) in [7, 11) is 0. The van der Waals surface area contributed by atoms with Crippen LogP contribution >= 0.6 is 0 Å². The fourth-order valence-corrected chi connectivity index (χ4v) is 6.49. The van der Waals surface area contributed by atoms with Crippen molar-refractivity contribution in [1.29, 1.82) is 0 Å². The average molecular weight is 598 g/mol. The van der Waals surface area contributed by atoms with Gasteiger partial charge >= 0.3 is 11.9 Å². The molecule has 0 radical (unpaired) electrons. The molecular weight excluding hydrogens is 546 g/mol. The van der Waals surface area contributed by atoms with Crippen molar-refractivity contribution in [2.45, 2.75) is 131 Å². The molecule has 0 amide bonds. The Kier molecular flexibility index (Phi) is 12.5. The number of ether oxygens (including phenoxy) is 7. The largest absolute Gasteiger partial charge is 0.463 e. The monoisotopic (exact) mass is 597 g/mol. The Morgan fingerprint density at radius 2 is 1.19 bits per heavy atom. The van der Waals surface area contributed by atoms with Crippen LogP contribution in [0.4, 0.5) is 0 Å². The Hall–Kier alpha value is -1.95. The highest BCUT2D eigenvalue weighted by Gasteiger charge is 2.50. The summed E-state index contributed by atoms with van der Waals surface area (Å²) >= 11 is 0. The molecule has 3 heterocycles. The Morgan fingerprint density at radius 1 is 0.690 bits per heavy atom. The van der Waals surface area contributed by atoms with Gasteiger partial charge in [0.1, 0.15) is 19.3 Å². The molecule has 15 atom stereocenters. The molecule has 12 heteroatoms. The second-order valence-corrected chi connectivity index (χ2v) is 12.5. The summed E-state index contributed by atoms with van der Waals surface area (Å²) in [6.07, 6.45) is -2.65. The summed E-state index contributed by atoms with van der Waals surface area (Å²) in [5, 5.41) is 4.00. The first-order valence-corrected chi connectivity index (χ1v) is 15.4. The van der Waals surface area contributed by atoms with Gasteiger partial charge in [0.05, 0.1) is 36.6 Å². The Labute approximate surface area is 250 Å². The summed E-state index contributed by atoms with van der Waals surface area (Å²) in [6.45, 7) is 19.3. The lowest BCUT2D eigenvalue weighted by molar-refractivity contribution is -0.342. The van der Waals surface area contributed by atoms with E-state index >= 15 is 0 Å². The second-order valence-electron chi connectivity index (χ2n) is 12.5. The van der Waals surface area contributed by atoms with Gasteiger partial charge in [-0.2, -0.15) is 0 Å². The molecule has 0 aromatic heterocycles. The molecule has 3 rings (SSSR count). The van der Waals surface area contributed by atoms with Crippen LogP contribution in [0, 0.1) is 35.5 Å². The fraction of sp³-hybridized carbons (Fsp3) is 0.933. The number of carbonyl (C=O) groups is 2. The van der Waals surface area contributed by atoms with Crippen molar-refractivity contribution in [1.82, 2.24) is 0 Å². The minimum absolute atomic E-state index is 0.00678. The minimum atomic E-state index is -0.633. The first-order chi connectivity index (χ1) is 19.8. The van der Waals surface area contributed by atoms with Gasteiger partial charge < -0.3 is 33.2 Å². The van der Waals surface area contributed by atoms with E-state index in [4.69, 9.17) is 38.7 Å². The quantitative estimate of drug-likeness (QED) is 0.146. The van der Waals surface area contributed by atoms with Gasteiger partial charge in [0.25, 0.3) is 0 Å². The summed E-state index contributed by atoms with van der Waals surface area (Å²) in [5.74, 6) is -0.566. The number of hydrogen-bond acceptors (Lipinski definition) is 10. The lowest BCUT2D eigenvalue weighted by Crippen LogP contribution is -2.59. The smallest absolute Gasteiger partial charge is 0.302 e. The van der Waals surface area contributed by atoms with Crippen LogP contribution in [-0.4, -0.2) is 80.4 Å². The molecule has 3 saturated heterocycles. The van der Waals surface area contributed by atoms with Gasteiger partial charge in [-0.25, -0.2) is 0 Å². The number of rotatable bonds is 10. The molecule has 0 aliphatic carbocycles. The van der Waals surface area contributed by atoms with Crippen molar-refractivity contribution in [3.05, 3.63) is 10.4 Å². The standard InChI is InChI=1S/C30H51N3O9/c1-11-23-28(19(7)26(32-33-31)20(8)38-23)42-30-18(6)16(4)27(25(40-30)13-37-22(10)35)41-29-17(5)14(2)15(3)24(39-29)12-36-21(9)34/h14-20,23-30H,11-13H2,1-10H3/t14-,15+,16+,17?,18?,19+,20?,23?,24?,25?,26?,27+,28+,29+,30-/m0/s1. The normalized spacial score (nSPS) is 44.1. The van der Waals surface area contributed by atoms with E-state index in [-0.39, 0.29) is 85.1 Å². The maximum Gasteiger partial charge on any atom is 0.302 e. The van der Waals surface area contributed by atoms with Gasteiger partial charge in [0.15, 0.2) is 12.6 Å². The van der Waals surface area contributed by atoms with E-state index < -0.39 is 30.8 Å². The number of azide groups is 1. The zero-order valence-corrected chi connectivity index (χ0v) is 26.8. The third kappa shape index (κ3) is 7.95. The molecule has 0 aromatic carbocycles. The van der Waals surface area contributed by atoms with E-state index in [9.17, 15) is 9.59 Å². The predicted molar refractivity (Wildman–Crippen MR) is 153 cm³/mol. The van der Waals surface area contributed by atoms with Gasteiger partial charge in [-0.15, -0.1) is 0 Å². The van der Waals surface area contributed by atoms with E-state index in [0.717, 1.165) is 6.42 Å². The second kappa shape index (κ2) is 15.2. The fourth-order valence-electron chi connectivity index (χ4n) is 6.49. The first kappa shape index (κ1) is 34.5. The lowest BCUT2D eigenvalue weighted by atomic mass is 9.78. The maximum atomic E-state index is 11.8. The van der Waals surface area contributed by atoms with Crippen molar-refractivity contribution in [2.75, 3.05) is 13.2 Å². The lowest BCUT2D eigenvalue weighted by Gasteiger charge is -2.50. The van der Waals surface area contributed by atoms with Gasteiger partial charge in [-0.05, 0) is 42.5 Å². The van der Waals surface area contributed by atoms with Crippen molar-refractivity contribution < 1.29 is 42.7 Å². The summed E-state index contributed by atoms with van der Waals surface area (Å²) < 4.78 is 43.1. The number of esters is 2. The average Bonchev–Trinajstić information content (AvgIpc) is 2.94. The van der Waals surface area contributed by atoms with Crippen LogP contribution in [0.25, 0.3) is 10.4 Å². The molecule has 0 spiro atoms. The van der Waals surface area contributed by atoms with E-state index in [1.807, 2.05) is 20.8 Å². The van der Waals surface area contributed by atoms with Crippen molar-refractivity contribution >= 4 is 11.9 Å². The summed E-state index contributed by atoms with van der Waals surface area (Å²) in [4.78, 5) is 26.3. The molecular formula is C30H51N3O9. The molecule has 0 N–H and O–H groups in total. The van der Waals surface area contributed by atoms with Crippen LogP contribution in [0.2, 0.25) is 0 Å². The third-order valence-electron chi connectivity index (χ3n) is 9.80. The first-order valence-electron chi connectivity index (χ1n) is 15.4. The maximum absolute atomic E-state index is 11.8. The van der Waals surface area contributed by atoms with Crippen LogP contribution in [-0.2, 0) is 42.7 Å². The molecule has 7 unspecified atom stereocenters. The van der Waals surface area contributed by atoms with Gasteiger partial charge in [-0.3, -0.25) is 9.59 Å². The number of nitrogens with zero attached hydrogens (tertiary/aromatic N) is 3. The van der Waals surface area contributed by atoms with Crippen LogP contribution in [0.3, 0.4) is 0 Å². The molecule has 0 saturated carbocycles. The van der Waals surface area contributed by atoms with Crippen LogP contribution in [0.1, 0.15) is 75.7 Å². The highest BCUT2D eigenvalue weighted by atomic mass is 16.7. The Morgan fingerprint density at radius 3 is 1.71 bits per heavy atom. The van der Waals surface area contributed by atoms with Crippen LogP contribution in [0.15, 0.2) is 5.11 Å². The molecule has 3 fully saturated rings. The topological polar surface area (TPSA) is 148 Å². The molecule has 240 valence electrons. The molecule has 42 heavy (non-hydrogen) atoms. The van der Waals surface area contributed by atoms with E-state index in [1.54, 1.807) is 0 Å². The van der Waals surface area contributed by atoms with Crippen LogP contribution < -0.4 is 0 Å². The molecule has 3 aliphatic heterocycles. The Bertz CT molecular complexity index is 962. The van der Waals surface area contributed by atoms with Gasteiger partial charge in [0.2, 0.25) is 0 Å². The van der Waals surface area contributed by atoms with E-state index in [2.05, 4.69) is 44.6 Å². The zero-order valence-electron chi connectivity index (χ0n) is 26.8. The van der Waals surface area contributed by atoms with E-state index in [0.29, 0.717) is 0 Å². The highest BCUT2D eigenvalue weighted by molar-refractivity contribution is 5.66. The zero-order chi connectivity index (χ0) is 31.3. The van der Waals surface area contributed by atoms with Crippen molar-refractivity contribution in [2.24, 2.45) is 40.6 Å². The van der Waals surface area contributed by atoms with Crippen LogP contribution in [0.5, 0.6) is 0 Å². The van der Waals surface area contributed by atoms with Crippen molar-refractivity contribution in [3.8, 4) is 0 Å². The molecule has 3 aliphatic rings. The van der Waals surface area contributed by atoms with Gasteiger partial charge in [0, 0.05) is 30.6 Å². The third-order valence-corrected chi connectivity index (χ3v) is 9.80. The van der Waals surface area contributed by atoms with E-state index in [1.165, 1.54) is 13.8 Å². The molecule has 0 aromatic rings. The molecule has 0 bridgehead atoms. The summed E-state index contributed by atoms with van der Waals surface area (Å²) in [5.41, 5.74) is 9.13. The number of carbonyl (C=O) groups excluding carboxylic acids is 2. The highest BCUT2D eigenvalue weighted by Crippen LogP contribution is 2.41. The summed E-state index contributed by atoms with van der Waals surface area (Å²) in [6, 6.07) is -0.374. The number of hydrogen-bond donors (Lipinski definition) is 0. The van der Waals surface area contributed by atoms with Gasteiger partial charge in [-0.1, -0.05) is 53.6 Å².